The van der Waals surface area contributed by atoms with Gasteiger partial charge in [-0.2, -0.15) is 13.2 Å². The second-order valence-corrected chi connectivity index (χ2v) is 10.5. The number of rotatable bonds is 5. The van der Waals surface area contributed by atoms with Crippen molar-refractivity contribution in [1.29, 1.82) is 0 Å². The van der Waals surface area contributed by atoms with Gasteiger partial charge in [0.1, 0.15) is 17.7 Å². The lowest BCUT2D eigenvalue weighted by atomic mass is 9.76. The summed E-state index contributed by atoms with van der Waals surface area (Å²) in [6, 6.07) is 2.36. The van der Waals surface area contributed by atoms with Gasteiger partial charge in [0, 0.05) is 12.5 Å². The van der Waals surface area contributed by atoms with E-state index in [0.29, 0.717) is 12.5 Å². The van der Waals surface area contributed by atoms with E-state index in [4.69, 9.17) is 11.6 Å². The molecule has 34 heavy (non-hydrogen) atoms. The standard InChI is InChI=1S/C21H20ClF5N2O4S/c1-34(32,33)15-10-28-16(21(25,26)27)9-13(15)19(30)29-18(12-3-2-4-14(24)17(12)22)20(31)7-5-11(23)6-8-20/h2-4,9-11,18,31H,5-8H2,1H3,(H,29,30)/t11-,18?,20+. The Morgan fingerprint density at radius 3 is 2.47 bits per heavy atom. The summed E-state index contributed by atoms with van der Waals surface area (Å²) in [5, 5.41) is 13.1. The summed E-state index contributed by atoms with van der Waals surface area (Å²) in [5.74, 6) is -2.18. The molecular weight excluding hydrogens is 507 g/mol. The Labute approximate surface area is 197 Å². The van der Waals surface area contributed by atoms with Crippen LogP contribution in [0.4, 0.5) is 22.0 Å². The smallest absolute Gasteiger partial charge is 0.387 e. The first-order chi connectivity index (χ1) is 15.6. The van der Waals surface area contributed by atoms with E-state index in [0.717, 1.165) is 6.07 Å². The zero-order valence-electron chi connectivity index (χ0n) is 17.7. The predicted octanol–water partition coefficient (Wildman–Crippen LogP) is 4.41. The van der Waals surface area contributed by atoms with Crippen LogP contribution in [0.5, 0.6) is 0 Å². The van der Waals surface area contributed by atoms with Gasteiger partial charge in [-0.3, -0.25) is 9.78 Å². The Morgan fingerprint density at radius 2 is 1.91 bits per heavy atom. The third-order valence-corrected chi connectivity index (χ3v) is 7.21. The zero-order valence-corrected chi connectivity index (χ0v) is 19.2. The van der Waals surface area contributed by atoms with E-state index >= 15 is 0 Å². The molecule has 0 bridgehead atoms. The average Bonchev–Trinajstić information content (AvgIpc) is 2.74. The highest BCUT2D eigenvalue weighted by atomic mass is 35.5. The molecule has 3 rings (SSSR count). The van der Waals surface area contributed by atoms with Crippen molar-refractivity contribution in [2.75, 3.05) is 6.26 Å². The van der Waals surface area contributed by atoms with E-state index in [1.165, 1.54) is 12.1 Å². The molecule has 1 heterocycles. The number of carbonyl (C=O) groups is 1. The third-order valence-electron chi connectivity index (χ3n) is 5.69. The van der Waals surface area contributed by atoms with Gasteiger partial charge in [0.2, 0.25) is 0 Å². The summed E-state index contributed by atoms with van der Waals surface area (Å²) < 4.78 is 91.7. The van der Waals surface area contributed by atoms with E-state index in [2.05, 4.69) is 10.3 Å². The zero-order chi connectivity index (χ0) is 25.5. The first-order valence-corrected chi connectivity index (χ1v) is 12.3. The summed E-state index contributed by atoms with van der Waals surface area (Å²) >= 11 is 6.05. The number of hydrogen-bond acceptors (Lipinski definition) is 5. The maximum Gasteiger partial charge on any atom is 0.433 e. The average molecular weight is 527 g/mol. The van der Waals surface area contributed by atoms with Crippen LogP contribution in [-0.2, 0) is 16.0 Å². The maximum absolute atomic E-state index is 14.2. The SMILES string of the molecule is CS(=O)(=O)c1cnc(C(F)(F)F)cc1C(=O)NC(c1cccc(F)c1Cl)[C@]1(O)CC[C@@H](F)CC1. The molecule has 1 aromatic carbocycles. The number of amides is 1. The molecular formula is C21H20ClF5N2O4S. The fraction of sp³-hybridized carbons (Fsp3) is 0.429. The van der Waals surface area contributed by atoms with Gasteiger partial charge in [0.15, 0.2) is 9.84 Å². The molecule has 0 radical (unpaired) electrons. The minimum atomic E-state index is -4.98. The lowest BCUT2D eigenvalue weighted by Crippen LogP contribution is -2.49. The number of aromatic nitrogens is 1. The number of alkyl halides is 4. The Balaban J connectivity index is 2.12. The molecule has 1 aromatic heterocycles. The van der Waals surface area contributed by atoms with Gasteiger partial charge in [-0.25, -0.2) is 17.2 Å². The van der Waals surface area contributed by atoms with Crippen molar-refractivity contribution in [2.24, 2.45) is 0 Å². The molecule has 13 heteroatoms. The number of hydrogen-bond donors (Lipinski definition) is 2. The van der Waals surface area contributed by atoms with Crippen molar-refractivity contribution in [3.63, 3.8) is 0 Å². The predicted molar refractivity (Wildman–Crippen MR) is 112 cm³/mol. The molecule has 2 N–H and O–H groups in total. The Kier molecular flexibility index (Phi) is 7.26. The van der Waals surface area contributed by atoms with Crippen LogP contribution in [0.3, 0.4) is 0 Å². The van der Waals surface area contributed by atoms with Crippen molar-refractivity contribution < 1.29 is 40.3 Å². The quantitative estimate of drug-likeness (QED) is 0.563. The number of benzene rings is 1. The highest BCUT2D eigenvalue weighted by molar-refractivity contribution is 7.90. The normalized spacial score (nSPS) is 22.3. The number of carbonyl (C=O) groups excluding carboxylic acids is 1. The van der Waals surface area contributed by atoms with Crippen molar-refractivity contribution in [3.05, 3.63) is 58.1 Å². The topological polar surface area (TPSA) is 96.4 Å². The maximum atomic E-state index is 14.2. The molecule has 1 aliphatic rings. The number of nitrogens with one attached hydrogen (secondary N) is 1. The second-order valence-electron chi connectivity index (χ2n) is 8.16. The van der Waals surface area contributed by atoms with Crippen molar-refractivity contribution in [2.45, 2.75) is 54.6 Å². The van der Waals surface area contributed by atoms with E-state index in [1.807, 2.05) is 0 Å². The fourth-order valence-corrected chi connectivity index (χ4v) is 4.93. The largest absolute Gasteiger partial charge is 0.433 e. The Hall–Kier alpha value is -2.31. The summed E-state index contributed by atoms with van der Waals surface area (Å²) in [5.41, 5.74) is -4.31. The first kappa shape index (κ1) is 26.3. The minimum Gasteiger partial charge on any atom is -0.387 e. The molecule has 2 aromatic rings. The number of sulfone groups is 1. The molecule has 6 nitrogen and oxygen atoms in total. The molecule has 186 valence electrons. The molecule has 1 aliphatic carbocycles. The fourth-order valence-electron chi connectivity index (χ4n) is 3.90. The number of nitrogens with zero attached hydrogens (tertiary/aromatic N) is 1. The van der Waals surface area contributed by atoms with Crippen LogP contribution in [0, 0.1) is 5.82 Å². The lowest BCUT2D eigenvalue weighted by Gasteiger charge is -2.41. The van der Waals surface area contributed by atoms with Gasteiger partial charge in [0.25, 0.3) is 5.91 Å². The van der Waals surface area contributed by atoms with Gasteiger partial charge >= 0.3 is 6.18 Å². The van der Waals surface area contributed by atoms with Crippen LogP contribution >= 0.6 is 11.6 Å². The third kappa shape index (κ3) is 5.49. The molecule has 1 saturated carbocycles. The van der Waals surface area contributed by atoms with Crippen molar-refractivity contribution in [1.82, 2.24) is 10.3 Å². The number of pyridine rings is 1. The van der Waals surface area contributed by atoms with Gasteiger partial charge in [-0.1, -0.05) is 23.7 Å². The molecule has 1 unspecified atom stereocenters. The van der Waals surface area contributed by atoms with Crippen LogP contribution in [0.15, 0.2) is 35.4 Å². The van der Waals surface area contributed by atoms with E-state index in [9.17, 15) is 40.3 Å². The molecule has 0 saturated heterocycles. The van der Waals surface area contributed by atoms with E-state index < -0.39 is 66.7 Å². The molecule has 0 spiro atoms. The first-order valence-electron chi connectivity index (χ1n) is 10.0. The van der Waals surface area contributed by atoms with E-state index in [-0.39, 0.29) is 37.3 Å². The van der Waals surface area contributed by atoms with Gasteiger partial charge < -0.3 is 10.4 Å². The molecule has 0 aliphatic heterocycles. The minimum absolute atomic E-state index is 0.0854. The van der Waals surface area contributed by atoms with E-state index in [1.54, 1.807) is 0 Å². The van der Waals surface area contributed by atoms with Crippen LogP contribution < -0.4 is 5.32 Å². The monoisotopic (exact) mass is 526 g/mol. The Morgan fingerprint density at radius 1 is 1.29 bits per heavy atom. The number of aliphatic hydroxyl groups is 1. The molecule has 1 atom stereocenters. The van der Waals surface area contributed by atoms with Crippen LogP contribution in [0.2, 0.25) is 5.02 Å². The lowest BCUT2D eigenvalue weighted by molar-refractivity contribution is -0.141. The van der Waals surface area contributed by atoms with Crippen LogP contribution in [0.25, 0.3) is 0 Å². The van der Waals surface area contributed by atoms with Gasteiger partial charge in [-0.05, 0) is 43.4 Å². The molecule has 1 amide bonds. The number of halogens is 6. The highest BCUT2D eigenvalue weighted by Crippen LogP contribution is 2.42. The summed E-state index contributed by atoms with van der Waals surface area (Å²) in [7, 11) is -4.19. The van der Waals surface area contributed by atoms with Gasteiger partial charge in [0.05, 0.1) is 27.1 Å². The van der Waals surface area contributed by atoms with Crippen molar-refractivity contribution >= 4 is 27.3 Å². The van der Waals surface area contributed by atoms with Crippen LogP contribution in [-0.4, -0.2) is 42.4 Å². The molecule has 1 fully saturated rings. The van der Waals surface area contributed by atoms with Crippen molar-refractivity contribution in [3.8, 4) is 0 Å². The second kappa shape index (κ2) is 9.38. The summed E-state index contributed by atoms with van der Waals surface area (Å²) in [6.45, 7) is 0. The van der Waals surface area contributed by atoms with Crippen LogP contribution in [0.1, 0.15) is 53.3 Å². The Bertz CT molecular complexity index is 1200. The van der Waals surface area contributed by atoms with Gasteiger partial charge in [-0.15, -0.1) is 0 Å². The summed E-state index contributed by atoms with van der Waals surface area (Å²) in [4.78, 5) is 15.4. The highest BCUT2D eigenvalue weighted by Gasteiger charge is 2.44. The summed E-state index contributed by atoms with van der Waals surface area (Å²) in [6.07, 6.45) is -5.61.